The summed E-state index contributed by atoms with van der Waals surface area (Å²) in [6.07, 6.45) is 3.68. The van der Waals surface area contributed by atoms with Crippen LogP contribution in [0.25, 0.3) is 11.5 Å². The van der Waals surface area contributed by atoms with Crippen molar-refractivity contribution in [3.63, 3.8) is 0 Å². The first kappa shape index (κ1) is 13.1. The molecule has 0 spiro atoms. The van der Waals surface area contributed by atoms with Gasteiger partial charge in [0.2, 0.25) is 11.8 Å². The summed E-state index contributed by atoms with van der Waals surface area (Å²) in [5.41, 5.74) is 0.931. The molecule has 2 aromatic heterocycles. The van der Waals surface area contributed by atoms with Gasteiger partial charge in [-0.25, -0.2) is 0 Å². The molecule has 0 saturated carbocycles. The van der Waals surface area contributed by atoms with Crippen LogP contribution in [0.4, 0.5) is 0 Å². The van der Waals surface area contributed by atoms with E-state index in [1.54, 1.807) is 6.20 Å². The number of aromatic nitrogens is 4. The molecule has 0 saturated heterocycles. The quantitative estimate of drug-likeness (QED) is 0.733. The van der Waals surface area contributed by atoms with Gasteiger partial charge in [0.25, 0.3) is 0 Å². The molecule has 0 aliphatic rings. The summed E-state index contributed by atoms with van der Waals surface area (Å²) in [6.45, 7) is 2.74. The van der Waals surface area contributed by atoms with E-state index in [0.29, 0.717) is 18.3 Å². The van der Waals surface area contributed by atoms with Crippen LogP contribution in [0.1, 0.15) is 18.7 Å². The molecule has 1 unspecified atom stereocenters. The highest BCUT2D eigenvalue weighted by atomic mass is 79.9. The summed E-state index contributed by atoms with van der Waals surface area (Å²) in [5, 5.41) is 12.5. The van der Waals surface area contributed by atoms with E-state index >= 15 is 0 Å². The average molecular weight is 333 g/mol. The zero-order chi connectivity index (χ0) is 13.9. The van der Waals surface area contributed by atoms with Gasteiger partial charge >= 0.3 is 0 Å². The summed E-state index contributed by atoms with van der Waals surface area (Å²) in [6, 6.07) is 9.76. The summed E-state index contributed by atoms with van der Waals surface area (Å²) >= 11 is 3.38. The predicted molar refractivity (Wildman–Crippen MR) is 78.1 cm³/mol. The van der Waals surface area contributed by atoms with Crippen molar-refractivity contribution in [2.45, 2.75) is 19.4 Å². The SMILES string of the molecule is CC(Cn1cc(Br)cn1)c1nnc(-c2ccccc2)o1. The number of nitrogens with zero attached hydrogens (tertiary/aromatic N) is 4. The van der Waals surface area contributed by atoms with Crippen molar-refractivity contribution >= 4 is 15.9 Å². The minimum atomic E-state index is 0.103. The molecule has 1 atom stereocenters. The molecule has 5 nitrogen and oxygen atoms in total. The molecule has 102 valence electrons. The van der Waals surface area contributed by atoms with Crippen molar-refractivity contribution in [1.82, 2.24) is 20.0 Å². The number of hydrogen-bond acceptors (Lipinski definition) is 4. The van der Waals surface area contributed by atoms with Crippen molar-refractivity contribution in [3.8, 4) is 11.5 Å². The third-order valence-electron chi connectivity index (χ3n) is 2.95. The maximum Gasteiger partial charge on any atom is 0.247 e. The van der Waals surface area contributed by atoms with E-state index in [1.165, 1.54) is 0 Å². The Morgan fingerprint density at radius 2 is 2.05 bits per heavy atom. The van der Waals surface area contributed by atoms with Crippen LogP contribution in [0.3, 0.4) is 0 Å². The molecule has 20 heavy (non-hydrogen) atoms. The number of rotatable bonds is 4. The molecular formula is C14H13BrN4O. The topological polar surface area (TPSA) is 56.7 Å². The average Bonchev–Trinajstić information content (AvgIpc) is 3.09. The molecule has 3 aromatic rings. The minimum Gasteiger partial charge on any atom is -0.420 e. The zero-order valence-corrected chi connectivity index (χ0v) is 12.5. The van der Waals surface area contributed by atoms with Crippen LogP contribution in [0.2, 0.25) is 0 Å². The fourth-order valence-corrected chi connectivity index (χ4v) is 2.26. The molecule has 0 amide bonds. The van der Waals surface area contributed by atoms with Gasteiger partial charge in [-0.2, -0.15) is 5.10 Å². The summed E-state index contributed by atoms with van der Waals surface area (Å²) in [7, 11) is 0. The van der Waals surface area contributed by atoms with Crippen LogP contribution in [-0.4, -0.2) is 20.0 Å². The first-order valence-corrected chi connectivity index (χ1v) is 7.08. The van der Waals surface area contributed by atoms with Crippen molar-refractivity contribution in [2.75, 3.05) is 0 Å². The largest absolute Gasteiger partial charge is 0.420 e. The standard InChI is InChI=1S/C14H13BrN4O/c1-10(8-19-9-12(15)7-16-19)13-17-18-14(20-13)11-5-3-2-4-6-11/h2-7,9-10H,8H2,1H3. The van der Waals surface area contributed by atoms with E-state index < -0.39 is 0 Å². The summed E-state index contributed by atoms with van der Waals surface area (Å²) in [4.78, 5) is 0. The van der Waals surface area contributed by atoms with E-state index in [9.17, 15) is 0 Å². The first-order chi connectivity index (χ1) is 9.72. The van der Waals surface area contributed by atoms with E-state index in [4.69, 9.17) is 4.42 Å². The Labute approximate surface area is 124 Å². The lowest BCUT2D eigenvalue weighted by Gasteiger charge is -2.06. The minimum absolute atomic E-state index is 0.103. The molecule has 3 rings (SSSR count). The van der Waals surface area contributed by atoms with Crippen LogP contribution in [0, 0.1) is 0 Å². The Kier molecular flexibility index (Phi) is 3.64. The Balaban J connectivity index is 1.76. The van der Waals surface area contributed by atoms with Crippen molar-refractivity contribution < 1.29 is 4.42 Å². The summed E-state index contributed by atoms with van der Waals surface area (Å²) in [5.74, 6) is 1.27. The van der Waals surface area contributed by atoms with Gasteiger partial charge in [0.1, 0.15) is 0 Å². The van der Waals surface area contributed by atoms with Gasteiger partial charge < -0.3 is 4.42 Å². The highest BCUT2D eigenvalue weighted by Gasteiger charge is 2.15. The van der Waals surface area contributed by atoms with E-state index in [1.807, 2.05) is 48.1 Å². The molecule has 0 aliphatic heterocycles. The van der Waals surface area contributed by atoms with Crippen LogP contribution in [0.5, 0.6) is 0 Å². The molecule has 1 aromatic carbocycles. The van der Waals surface area contributed by atoms with Crippen LogP contribution in [0.15, 0.2) is 51.6 Å². The Bertz CT molecular complexity index is 692. The van der Waals surface area contributed by atoms with Gasteiger partial charge in [-0.15, -0.1) is 10.2 Å². The van der Waals surface area contributed by atoms with Crippen LogP contribution in [-0.2, 0) is 6.54 Å². The molecule has 6 heteroatoms. The Hall–Kier alpha value is -1.95. The number of halogens is 1. The van der Waals surface area contributed by atoms with Gasteiger partial charge in [0.05, 0.1) is 23.1 Å². The molecule has 0 N–H and O–H groups in total. The van der Waals surface area contributed by atoms with Gasteiger partial charge in [0, 0.05) is 11.8 Å². The van der Waals surface area contributed by atoms with Gasteiger partial charge in [-0.1, -0.05) is 25.1 Å². The first-order valence-electron chi connectivity index (χ1n) is 6.29. The second-order valence-corrected chi connectivity index (χ2v) is 5.51. The maximum absolute atomic E-state index is 5.74. The monoisotopic (exact) mass is 332 g/mol. The zero-order valence-electron chi connectivity index (χ0n) is 10.9. The van der Waals surface area contributed by atoms with Crippen molar-refractivity contribution in [2.24, 2.45) is 0 Å². The third kappa shape index (κ3) is 2.80. The highest BCUT2D eigenvalue weighted by Crippen LogP contribution is 2.22. The molecule has 0 bridgehead atoms. The smallest absolute Gasteiger partial charge is 0.247 e. The lowest BCUT2D eigenvalue weighted by Crippen LogP contribution is -2.06. The van der Waals surface area contributed by atoms with Gasteiger partial charge in [-0.05, 0) is 28.1 Å². The van der Waals surface area contributed by atoms with Crippen molar-refractivity contribution in [1.29, 1.82) is 0 Å². The van der Waals surface area contributed by atoms with Gasteiger partial charge in [-0.3, -0.25) is 4.68 Å². The maximum atomic E-state index is 5.74. The van der Waals surface area contributed by atoms with E-state index in [-0.39, 0.29) is 5.92 Å². The summed E-state index contributed by atoms with van der Waals surface area (Å²) < 4.78 is 8.54. The normalized spacial score (nSPS) is 12.5. The molecule has 0 aliphatic carbocycles. The second-order valence-electron chi connectivity index (χ2n) is 4.59. The lowest BCUT2D eigenvalue weighted by molar-refractivity contribution is 0.424. The second kappa shape index (κ2) is 5.58. The fourth-order valence-electron chi connectivity index (χ4n) is 1.93. The molecular weight excluding hydrogens is 320 g/mol. The van der Waals surface area contributed by atoms with Crippen LogP contribution < -0.4 is 0 Å². The van der Waals surface area contributed by atoms with E-state index in [2.05, 4.69) is 31.2 Å². The van der Waals surface area contributed by atoms with E-state index in [0.717, 1.165) is 10.0 Å². The van der Waals surface area contributed by atoms with Gasteiger partial charge in [0.15, 0.2) is 0 Å². The highest BCUT2D eigenvalue weighted by molar-refractivity contribution is 9.10. The van der Waals surface area contributed by atoms with Crippen molar-refractivity contribution in [3.05, 3.63) is 53.1 Å². The number of benzene rings is 1. The number of hydrogen-bond donors (Lipinski definition) is 0. The molecule has 0 radical (unpaired) electrons. The molecule has 2 heterocycles. The predicted octanol–water partition coefficient (Wildman–Crippen LogP) is 3.50. The Morgan fingerprint density at radius 3 is 2.75 bits per heavy atom. The fraction of sp³-hybridized carbons (Fsp3) is 0.214. The van der Waals surface area contributed by atoms with Crippen LogP contribution >= 0.6 is 15.9 Å². The lowest BCUT2D eigenvalue weighted by atomic mass is 10.2. The Morgan fingerprint density at radius 1 is 1.25 bits per heavy atom. The third-order valence-corrected chi connectivity index (χ3v) is 3.36. The molecule has 0 fully saturated rings.